The summed E-state index contributed by atoms with van der Waals surface area (Å²) in [6.07, 6.45) is 1.57. The Labute approximate surface area is 107 Å². The van der Waals surface area contributed by atoms with Gasteiger partial charge in [0.25, 0.3) is 5.69 Å². The van der Waals surface area contributed by atoms with Crippen molar-refractivity contribution in [2.45, 2.75) is 0 Å². The molecule has 1 aromatic carbocycles. The quantitative estimate of drug-likeness (QED) is 0.516. The van der Waals surface area contributed by atoms with Crippen LogP contribution in [0.1, 0.15) is 0 Å². The van der Waals surface area contributed by atoms with Gasteiger partial charge in [0.15, 0.2) is 0 Å². The number of fused-ring (bicyclic) bond motifs is 1. The summed E-state index contributed by atoms with van der Waals surface area (Å²) in [6.45, 7) is 0. The highest BCUT2D eigenvalue weighted by atomic mass is 32.1. The van der Waals surface area contributed by atoms with Crippen LogP contribution in [0.3, 0.4) is 0 Å². The van der Waals surface area contributed by atoms with E-state index in [0.29, 0.717) is 5.69 Å². The molecule has 5 heteroatoms. The minimum Gasteiger partial charge on any atom is -0.258 e. The molecule has 0 aliphatic carbocycles. The van der Waals surface area contributed by atoms with Crippen LogP contribution in [0.5, 0.6) is 0 Å². The minimum atomic E-state index is -0.403. The second kappa shape index (κ2) is 4.19. The third-order valence-corrected chi connectivity index (χ3v) is 3.61. The highest BCUT2D eigenvalue weighted by Gasteiger charge is 2.15. The van der Waals surface area contributed by atoms with E-state index in [1.807, 2.05) is 29.6 Å². The van der Waals surface area contributed by atoms with Gasteiger partial charge in [-0.15, -0.1) is 11.3 Å². The molecule has 88 valence electrons. The van der Waals surface area contributed by atoms with Crippen molar-refractivity contribution >= 4 is 27.1 Å². The number of nitro groups is 1. The molecule has 3 aromatic rings. The van der Waals surface area contributed by atoms with E-state index in [0.717, 1.165) is 15.6 Å². The molecule has 0 bridgehead atoms. The van der Waals surface area contributed by atoms with Crippen molar-refractivity contribution in [3.05, 3.63) is 58.1 Å². The van der Waals surface area contributed by atoms with E-state index in [2.05, 4.69) is 4.98 Å². The fourth-order valence-electron chi connectivity index (χ4n) is 1.88. The van der Waals surface area contributed by atoms with Gasteiger partial charge in [-0.1, -0.05) is 6.07 Å². The Morgan fingerprint density at radius 3 is 2.94 bits per heavy atom. The van der Waals surface area contributed by atoms with Crippen molar-refractivity contribution in [1.82, 2.24) is 4.98 Å². The summed E-state index contributed by atoms with van der Waals surface area (Å²) in [4.78, 5) is 14.7. The summed E-state index contributed by atoms with van der Waals surface area (Å²) in [5, 5.41) is 14.1. The van der Waals surface area contributed by atoms with E-state index in [4.69, 9.17) is 0 Å². The predicted molar refractivity (Wildman–Crippen MR) is 71.7 cm³/mol. The Balaban J connectivity index is 2.22. The molecule has 0 aliphatic rings. The number of aromatic nitrogens is 1. The van der Waals surface area contributed by atoms with Crippen molar-refractivity contribution in [2.75, 3.05) is 0 Å². The van der Waals surface area contributed by atoms with Crippen LogP contribution in [-0.2, 0) is 0 Å². The van der Waals surface area contributed by atoms with Crippen molar-refractivity contribution in [1.29, 1.82) is 0 Å². The average Bonchev–Trinajstić information content (AvgIpc) is 2.85. The lowest BCUT2D eigenvalue weighted by molar-refractivity contribution is -0.384. The Kier molecular flexibility index (Phi) is 2.53. The molecule has 0 spiro atoms. The van der Waals surface area contributed by atoms with Gasteiger partial charge in [-0.3, -0.25) is 10.1 Å². The molecule has 0 N–H and O–H groups in total. The standard InChI is InChI=1S/C13H8N2O2S/c16-15(17)11-2-1-6-14-13(11)10-3-4-12-9(8-10)5-7-18-12/h1-8H. The van der Waals surface area contributed by atoms with E-state index in [1.165, 1.54) is 6.07 Å². The van der Waals surface area contributed by atoms with Crippen LogP contribution < -0.4 is 0 Å². The topological polar surface area (TPSA) is 56.0 Å². The molecule has 4 nitrogen and oxygen atoms in total. The summed E-state index contributed by atoms with van der Waals surface area (Å²) in [5.41, 5.74) is 1.22. The molecule has 0 fully saturated rings. The predicted octanol–water partition coefficient (Wildman–Crippen LogP) is 3.87. The van der Waals surface area contributed by atoms with Gasteiger partial charge >= 0.3 is 0 Å². The van der Waals surface area contributed by atoms with Crippen LogP contribution in [0.25, 0.3) is 21.3 Å². The fraction of sp³-hybridized carbons (Fsp3) is 0. The summed E-state index contributed by atoms with van der Waals surface area (Å²) < 4.78 is 1.16. The molecule has 0 saturated heterocycles. The lowest BCUT2D eigenvalue weighted by atomic mass is 10.1. The summed E-state index contributed by atoms with van der Waals surface area (Å²) >= 11 is 1.65. The maximum Gasteiger partial charge on any atom is 0.295 e. The maximum atomic E-state index is 11.0. The molecule has 0 amide bonds. The molecule has 18 heavy (non-hydrogen) atoms. The summed E-state index contributed by atoms with van der Waals surface area (Å²) in [6, 6.07) is 10.8. The van der Waals surface area contributed by atoms with Crippen LogP contribution in [0, 0.1) is 10.1 Å². The van der Waals surface area contributed by atoms with E-state index in [-0.39, 0.29) is 5.69 Å². The zero-order valence-electron chi connectivity index (χ0n) is 9.24. The number of pyridine rings is 1. The lowest BCUT2D eigenvalue weighted by Gasteiger charge is -2.02. The van der Waals surface area contributed by atoms with Gasteiger partial charge in [0, 0.05) is 22.5 Å². The molecular formula is C13H8N2O2S. The first-order chi connectivity index (χ1) is 8.75. The van der Waals surface area contributed by atoms with E-state index in [1.54, 1.807) is 23.6 Å². The smallest absolute Gasteiger partial charge is 0.258 e. The zero-order valence-corrected chi connectivity index (χ0v) is 10.1. The van der Waals surface area contributed by atoms with Crippen LogP contribution in [-0.4, -0.2) is 9.91 Å². The molecule has 0 radical (unpaired) electrons. The molecular weight excluding hydrogens is 248 g/mol. The van der Waals surface area contributed by atoms with Gasteiger partial charge in [0.1, 0.15) is 5.69 Å². The highest BCUT2D eigenvalue weighted by molar-refractivity contribution is 7.17. The third kappa shape index (κ3) is 1.74. The SMILES string of the molecule is O=[N+]([O-])c1cccnc1-c1ccc2sccc2c1. The number of rotatable bonds is 2. The zero-order chi connectivity index (χ0) is 12.5. The van der Waals surface area contributed by atoms with Gasteiger partial charge in [-0.2, -0.15) is 0 Å². The van der Waals surface area contributed by atoms with Crippen LogP contribution >= 0.6 is 11.3 Å². The molecule has 2 heterocycles. The number of benzene rings is 1. The highest BCUT2D eigenvalue weighted by Crippen LogP contribution is 2.31. The second-order valence-corrected chi connectivity index (χ2v) is 4.75. The lowest BCUT2D eigenvalue weighted by Crippen LogP contribution is -1.93. The largest absolute Gasteiger partial charge is 0.295 e. The molecule has 0 saturated carbocycles. The molecule has 0 aliphatic heterocycles. The normalized spacial score (nSPS) is 10.7. The van der Waals surface area contributed by atoms with Crippen molar-refractivity contribution < 1.29 is 4.92 Å². The Morgan fingerprint density at radius 1 is 1.22 bits per heavy atom. The first-order valence-corrected chi connectivity index (χ1v) is 6.21. The molecule has 2 aromatic heterocycles. The summed E-state index contributed by atoms with van der Waals surface area (Å²) in [5.74, 6) is 0. The van der Waals surface area contributed by atoms with E-state index in [9.17, 15) is 10.1 Å². The maximum absolute atomic E-state index is 11.0. The van der Waals surface area contributed by atoms with Crippen molar-refractivity contribution in [3.63, 3.8) is 0 Å². The number of hydrogen-bond donors (Lipinski definition) is 0. The molecule has 0 atom stereocenters. The Morgan fingerprint density at radius 2 is 2.11 bits per heavy atom. The van der Waals surface area contributed by atoms with Crippen molar-refractivity contribution in [2.24, 2.45) is 0 Å². The molecule has 0 unspecified atom stereocenters. The van der Waals surface area contributed by atoms with Crippen LogP contribution in [0.4, 0.5) is 5.69 Å². The Hall–Kier alpha value is -2.27. The Bertz CT molecular complexity index is 736. The van der Waals surface area contributed by atoms with Gasteiger partial charge in [0.05, 0.1) is 4.92 Å². The van der Waals surface area contributed by atoms with Gasteiger partial charge in [-0.25, -0.2) is 4.98 Å². The van der Waals surface area contributed by atoms with Crippen molar-refractivity contribution in [3.8, 4) is 11.3 Å². The minimum absolute atomic E-state index is 0.0343. The fourth-order valence-corrected chi connectivity index (χ4v) is 2.65. The first kappa shape index (κ1) is 10.9. The number of nitrogens with zero attached hydrogens (tertiary/aromatic N) is 2. The summed E-state index contributed by atoms with van der Waals surface area (Å²) in [7, 11) is 0. The second-order valence-electron chi connectivity index (χ2n) is 3.80. The third-order valence-electron chi connectivity index (χ3n) is 2.71. The monoisotopic (exact) mass is 256 g/mol. The van der Waals surface area contributed by atoms with E-state index >= 15 is 0 Å². The first-order valence-electron chi connectivity index (χ1n) is 5.33. The number of thiophene rings is 1. The average molecular weight is 256 g/mol. The van der Waals surface area contributed by atoms with Crippen LogP contribution in [0.2, 0.25) is 0 Å². The van der Waals surface area contributed by atoms with Gasteiger partial charge < -0.3 is 0 Å². The molecule has 3 rings (SSSR count). The van der Waals surface area contributed by atoms with Crippen LogP contribution in [0.15, 0.2) is 48.0 Å². The van der Waals surface area contributed by atoms with E-state index < -0.39 is 4.92 Å². The van der Waals surface area contributed by atoms with Gasteiger partial charge in [0.2, 0.25) is 0 Å². The van der Waals surface area contributed by atoms with Gasteiger partial charge in [-0.05, 0) is 35.0 Å². The number of hydrogen-bond acceptors (Lipinski definition) is 4.